The number of benzene rings is 3. The second-order valence-electron chi connectivity index (χ2n) is 11.2. The molecule has 0 aliphatic rings. The number of aromatic nitrogens is 2. The Morgan fingerprint density at radius 2 is 1.52 bits per heavy atom. The van der Waals surface area contributed by atoms with Crippen LogP contribution in [0.25, 0.3) is 22.2 Å². The van der Waals surface area contributed by atoms with Crippen LogP contribution in [0.1, 0.15) is 11.3 Å². The minimum absolute atomic E-state index is 0.0664. The molecule has 0 atom stereocenters. The number of ether oxygens (including phenoxy) is 1. The van der Waals surface area contributed by atoms with Crippen molar-refractivity contribution in [3.8, 4) is 17.1 Å². The summed E-state index contributed by atoms with van der Waals surface area (Å²) in [5.41, 5.74) is 2.99. The summed E-state index contributed by atoms with van der Waals surface area (Å²) in [7, 11) is -3.02. The molecule has 5 aromatic rings. The van der Waals surface area contributed by atoms with Crippen LogP contribution in [0.2, 0.25) is 5.02 Å². The average molecular weight is 813 g/mol. The van der Waals surface area contributed by atoms with Crippen molar-refractivity contribution in [3.05, 3.63) is 126 Å². The van der Waals surface area contributed by atoms with E-state index < -0.39 is 33.7 Å². The molecule has 5 rings (SSSR count). The third-order valence-corrected chi connectivity index (χ3v) is 7.99. The maximum atomic E-state index is 13.4. The Morgan fingerprint density at radius 1 is 0.857 bits per heavy atom. The van der Waals surface area contributed by atoms with Gasteiger partial charge in [0.25, 0.3) is 0 Å². The van der Waals surface area contributed by atoms with E-state index >= 15 is 0 Å². The molecule has 0 fully saturated rings. The summed E-state index contributed by atoms with van der Waals surface area (Å²) < 4.78 is 47.8. The van der Waals surface area contributed by atoms with Gasteiger partial charge in [0.1, 0.15) is 51.7 Å². The molecule has 0 saturated carbocycles. The molecule has 0 aliphatic heterocycles. The highest BCUT2D eigenvalue weighted by molar-refractivity contribution is 7.90. The molecule has 0 unspecified atom stereocenters. The maximum absolute atomic E-state index is 13.4. The highest BCUT2D eigenvalue weighted by Crippen LogP contribution is 2.33. The largest absolute Gasteiger partial charge is 0.487 e. The predicted octanol–water partition coefficient (Wildman–Crippen LogP) is 5.56. The first-order valence-electron chi connectivity index (χ1n) is 15.9. The topological polar surface area (TPSA) is 256 Å². The number of furan rings is 1. The van der Waals surface area contributed by atoms with Gasteiger partial charge >= 0.3 is 23.9 Å². The van der Waals surface area contributed by atoms with Gasteiger partial charge in [0.2, 0.25) is 0 Å². The minimum atomic E-state index is -3.02. The van der Waals surface area contributed by atoms with Gasteiger partial charge < -0.3 is 40.2 Å². The third kappa shape index (κ3) is 16.2. The maximum Gasteiger partial charge on any atom is 0.328 e. The van der Waals surface area contributed by atoms with Crippen molar-refractivity contribution in [2.75, 3.05) is 23.9 Å². The van der Waals surface area contributed by atoms with Crippen LogP contribution in [0, 0.1) is 5.82 Å². The van der Waals surface area contributed by atoms with Crippen LogP contribution in [0.4, 0.5) is 15.9 Å². The van der Waals surface area contributed by atoms with E-state index in [1.807, 2.05) is 36.4 Å². The number of anilines is 2. The Kier molecular flexibility index (Phi) is 16.7. The van der Waals surface area contributed by atoms with Crippen LogP contribution in [-0.4, -0.2) is 81.2 Å². The number of fused-ring (bicyclic) bond motifs is 1. The molecule has 19 heteroatoms. The van der Waals surface area contributed by atoms with Crippen LogP contribution in [0.15, 0.2) is 108 Å². The average Bonchev–Trinajstić information content (AvgIpc) is 3.61. The number of rotatable bonds is 15. The molecule has 0 saturated heterocycles. The lowest BCUT2D eigenvalue weighted by Crippen LogP contribution is -2.21. The van der Waals surface area contributed by atoms with E-state index in [0.717, 1.165) is 16.5 Å². The number of carboxylic acids is 4. The van der Waals surface area contributed by atoms with E-state index in [-0.39, 0.29) is 18.2 Å². The smallest absolute Gasteiger partial charge is 0.328 e. The SMILES string of the molecule is CS(=O)(=O)CCNCc1ccc(-c2ccc3ncnc(Nc4ccc(OCc5cccc(F)c5)c(Cl)c4)c3c2)o1.O=C(O)C=CC(=O)O.O=C(O)C=CC(=O)O. The van der Waals surface area contributed by atoms with E-state index in [9.17, 15) is 32.0 Å². The molecule has 6 N–H and O–H groups in total. The molecule has 2 heterocycles. The number of hydrogen-bond donors (Lipinski definition) is 6. The fraction of sp³-hybridized carbons (Fsp3) is 0.135. The van der Waals surface area contributed by atoms with Crippen molar-refractivity contribution < 1.29 is 61.6 Å². The first kappa shape index (κ1) is 43.8. The van der Waals surface area contributed by atoms with Gasteiger partial charge in [-0.15, -0.1) is 0 Å². The van der Waals surface area contributed by atoms with E-state index in [4.69, 9.17) is 41.2 Å². The fourth-order valence-corrected chi connectivity index (χ4v) is 5.06. The monoisotopic (exact) mass is 812 g/mol. The molecule has 0 spiro atoms. The number of aliphatic carboxylic acids is 4. The summed E-state index contributed by atoms with van der Waals surface area (Å²) in [5.74, 6) is -2.86. The molecule has 0 radical (unpaired) electrons. The van der Waals surface area contributed by atoms with Crippen molar-refractivity contribution >= 4 is 67.7 Å². The summed E-state index contributed by atoms with van der Waals surface area (Å²) in [6.45, 7) is 0.956. The number of halogens is 2. The Hall–Kier alpha value is -6.63. The fourth-order valence-electron chi connectivity index (χ4n) is 4.31. The van der Waals surface area contributed by atoms with Crippen LogP contribution >= 0.6 is 11.6 Å². The number of hydrogen-bond acceptors (Lipinski definition) is 12. The Balaban J connectivity index is 0.000000441. The lowest BCUT2D eigenvalue weighted by atomic mass is 10.1. The second-order valence-corrected chi connectivity index (χ2v) is 13.9. The molecule has 16 nitrogen and oxygen atoms in total. The van der Waals surface area contributed by atoms with Crippen LogP contribution in [0.3, 0.4) is 0 Å². The van der Waals surface area contributed by atoms with Crippen molar-refractivity contribution in [1.82, 2.24) is 15.3 Å². The Morgan fingerprint density at radius 3 is 2.11 bits per heavy atom. The third-order valence-electron chi connectivity index (χ3n) is 6.75. The number of sulfone groups is 1. The quantitative estimate of drug-likeness (QED) is 0.0558. The van der Waals surface area contributed by atoms with Gasteiger partial charge in [0, 0.05) is 53.7 Å². The molecule has 0 amide bonds. The number of nitrogens with one attached hydrogen (secondary N) is 2. The van der Waals surface area contributed by atoms with Gasteiger partial charge in [-0.3, -0.25) is 0 Å². The van der Waals surface area contributed by atoms with E-state index in [1.165, 1.54) is 24.7 Å². The molecule has 56 heavy (non-hydrogen) atoms. The van der Waals surface area contributed by atoms with Crippen LogP contribution in [-0.2, 0) is 42.2 Å². The van der Waals surface area contributed by atoms with E-state index in [0.29, 0.717) is 76.8 Å². The number of carboxylic acid groups (broad SMARTS) is 4. The van der Waals surface area contributed by atoms with Crippen LogP contribution < -0.4 is 15.4 Å². The molecule has 3 aromatic carbocycles. The molecule has 0 bridgehead atoms. The molecule has 294 valence electrons. The first-order valence-corrected chi connectivity index (χ1v) is 18.4. The van der Waals surface area contributed by atoms with Crippen molar-refractivity contribution in [3.63, 3.8) is 0 Å². The summed E-state index contributed by atoms with van der Waals surface area (Å²) in [6, 6.07) is 21.0. The summed E-state index contributed by atoms with van der Waals surface area (Å²) >= 11 is 6.47. The Labute approximate surface area is 323 Å². The van der Waals surface area contributed by atoms with Crippen molar-refractivity contribution in [2.45, 2.75) is 13.2 Å². The van der Waals surface area contributed by atoms with Gasteiger partial charge in [-0.05, 0) is 66.2 Å². The van der Waals surface area contributed by atoms with E-state index in [2.05, 4.69) is 20.6 Å². The summed E-state index contributed by atoms with van der Waals surface area (Å²) in [6.07, 6.45) is 4.92. The van der Waals surface area contributed by atoms with Crippen molar-refractivity contribution in [1.29, 1.82) is 0 Å². The van der Waals surface area contributed by atoms with Crippen LogP contribution in [0.5, 0.6) is 5.75 Å². The van der Waals surface area contributed by atoms with Gasteiger partial charge in [0.15, 0.2) is 0 Å². The van der Waals surface area contributed by atoms with Crippen molar-refractivity contribution in [2.24, 2.45) is 0 Å². The molecule has 0 aliphatic carbocycles. The zero-order valence-corrected chi connectivity index (χ0v) is 30.8. The number of carbonyl (C=O) groups is 4. The predicted molar refractivity (Wildman–Crippen MR) is 203 cm³/mol. The van der Waals surface area contributed by atoms with E-state index in [1.54, 1.807) is 24.3 Å². The normalized spacial score (nSPS) is 11.0. The first-order chi connectivity index (χ1) is 26.5. The zero-order valence-electron chi connectivity index (χ0n) is 29.3. The van der Waals surface area contributed by atoms with Gasteiger partial charge in [0.05, 0.1) is 22.8 Å². The lowest BCUT2D eigenvalue weighted by Gasteiger charge is -2.12. The zero-order chi connectivity index (χ0) is 41.3. The highest BCUT2D eigenvalue weighted by atomic mass is 35.5. The van der Waals surface area contributed by atoms with Gasteiger partial charge in [-0.1, -0.05) is 23.7 Å². The second kappa shape index (κ2) is 21.3. The molecule has 2 aromatic heterocycles. The van der Waals surface area contributed by atoms with Gasteiger partial charge in [-0.25, -0.2) is 42.0 Å². The highest BCUT2D eigenvalue weighted by Gasteiger charge is 2.12. The summed E-state index contributed by atoms with van der Waals surface area (Å²) in [5, 5.41) is 38.8. The summed E-state index contributed by atoms with van der Waals surface area (Å²) in [4.78, 5) is 47.0. The number of nitrogens with zero attached hydrogens (tertiary/aromatic N) is 2. The molecular weight excluding hydrogens is 779 g/mol. The van der Waals surface area contributed by atoms with Gasteiger partial charge in [-0.2, -0.15) is 0 Å². The Bertz CT molecular complexity index is 2280. The minimum Gasteiger partial charge on any atom is -0.487 e. The standard InChI is InChI=1S/C29H26ClFN4O4S.2C4H4O4/c1-40(36,37)12-11-32-16-23-7-10-27(39-23)20-5-8-26-24(14-20)29(34-18-33-26)35-22-6-9-28(25(30)15-22)38-17-19-3-2-4-21(31)13-19;2*5-3(6)1-2-4(7)8/h2-10,13-15,18,32H,11-12,16-17H2,1H3,(H,33,34,35);2*1-2H,(H,5,6)(H,7,8). The lowest BCUT2D eigenvalue weighted by molar-refractivity contribution is -0.134. The molecular formula is C37H34ClFN4O12S.